The molecular formula is C19H21NO5. The van der Waals surface area contributed by atoms with E-state index in [1.807, 2.05) is 18.2 Å². The number of hydrogen-bond acceptors (Lipinski definition) is 5. The minimum Gasteiger partial charge on any atom is -0.496 e. The quantitative estimate of drug-likeness (QED) is 0.854. The zero-order valence-corrected chi connectivity index (χ0v) is 14.4. The lowest BCUT2D eigenvalue weighted by Gasteiger charge is -2.23. The van der Waals surface area contributed by atoms with Gasteiger partial charge in [0.2, 0.25) is 11.2 Å². The number of fused-ring (bicyclic) bond motifs is 1. The first kappa shape index (κ1) is 17.1. The third-order valence-corrected chi connectivity index (χ3v) is 4.33. The number of anilines is 1. The molecule has 1 amide bonds. The molecule has 0 spiro atoms. The van der Waals surface area contributed by atoms with E-state index in [4.69, 9.17) is 13.9 Å². The summed E-state index contributed by atoms with van der Waals surface area (Å²) in [6, 6.07) is 6.98. The molecule has 6 heteroatoms. The highest BCUT2D eigenvalue weighted by Crippen LogP contribution is 2.33. The number of benzene rings is 1. The summed E-state index contributed by atoms with van der Waals surface area (Å²) in [6.07, 6.45) is 4.06. The van der Waals surface area contributed by atoms with Gasteiger partial charge in [-0.2, -0.15) is 0 Å². The third kappa shape index (κ3) is 3.52. The fourth-order valence-electron chi connectivity index (χ4n) is 3.09. The average Bonchev–Trinajstić information content (AvgIpc) is 2.83. The Morgan fingerprint density at radius 3 is 2.88 bits per heavy atom. The molecule has 0 fully saturated rings. The van der Waals surface area contributed by atoms with E-state index in [0.29, 0.717) is 12.3 Å². The molecule has 132 valence electrons. The highest BCUT2D eigenvalue weighted by Gasteiger charge is 2.24. The van der Waals surface area contributed by atoms with Crippen molar-refractivity contribution in [1.29, 1.82) is 0 Å². The van der Waals surface area contributed by atoms with Crippen molar-refractivity contribution in [3.8, 4) is 11.5 Å². The van der Waals surface area contributed by atoms with Crippen LogP contribution in [-0.4, -0.2) is 26.2 Å². The summed E-state index contributed by atoms with van der Waals surface area (Å²) < 4.78 is 16.1. The molecule has 3 rings (SSSR count). The standard InChI is InChI=1S/C19H21NO5/c1-13-19(16(21)9-11-24-13)25-12-18(22)20-10-4-3-6-14-15(20)7-5-8-17(14)23-2/h5,7-9,11H,3-4,6,10,12H2,1-2H3. The Hall–Kier alpha value is -2.76. The Morgan fingerprint density at radius 1 is 1.28 bits per heavy atom. The van der Waals surface area contributed by atoms with Crippen LogP contribution >= 0.6 is 0 Å². The van der Waals surface area contributed by atoms with Crippen LogP contribution in [0.3, 0.4) is 0 Å². The molecule has 2 aromatic rings. The second-order valence-corrected chi connectivity index (χ2v) is 5.92. The van der Waals surface area contributed by atoms with Crippen molar-refractivity contribution in [2.45, 2.75) is 26.2 Å². The Kier molecular flexibility index (Phi) is 5.07. The van der Waals surface area contributed by atoms with Crippen LogP contribution in [0.5, 0.6) is 11.5 Å². The van der Waals surface area contributed by atoms with Crippen LogP contribution in [-0.2, 0) is 11.2 Å². The first-order valence-corrected chi connectivity index (χ1v) is 8.29. The summed E-state index contributed by atoms with van der Waals surface area (Å²) >= 11 is 0. The summed E-state index contributed by atoms with van der Waals surface area (Å²) in [4.78, 5) is 26.3. The van der Waals surface area contributed by atoms with Crippen molar-refractivity contribution in [2.75, 3.05) is 25.2 Å². The topological polar surface area (TPSA) is 69.0 Å². The van der Waals surface area contributed by atoms with Crippen molar-refractivity contribution >= 4 is 11.6 Å². The van der Waals surface area contributed by atoms with Gasteiger partial charge in [-0.25, -0.2) is 0 Å². The molecule has 1 aliphatic heterocycles. The molecule has 0 atom stereocenters. The number of rotatable bonds is 4. The van der Waals surface area contributed by atoms with Gasteiger partial charge in [0.1, 0.15) is 11.5 Å². The molecule has 0 saturated heterocycles. The number of hydrogen-bond donors (Lipinski definition) is 0. The van der Waals surface area contributed by atoms with Gasteiger partial charge < -0.3 is 18.8 Å². The number of carbonyl (C=O) groups is 1. The van der Waals surface area contributed by atoms with Gasteiger partial charge in [0, 0.05) is 18.2 Å². The predicted molar refractivity (Wildman–Crippen MR) is 93.5 cm³/mol. The summed E-state index contributed by atoms with van der Waals surface area (Å²) in [7, 11) is 1.63. The van der Waals surface area contributed by atoms with Crippen LogP contribution in [0.2, 0.25) is 0 Å². The Balaban J connectivity index is 1.82. The molecule has 25 heavy (non-hydrogen) atoms. The Morgan fingerprint density at radius 2 is 2.12 bits per heavy atom. The summed E-state index contributed by atoms with van der Waals surface area (Å²) in [5.41, 5.74) is 1.59. The second kappa shape index (κ2) is 7.42. The molecule has 1 aliphatic rings. The van der Waals surface area contributed by atoms with E-state index < -0.39 is 0 Å². The zero-order chi connectivity index (χ0) is 17.8. The molecule has 0 bridgehead atoms. The maximum atomic E-state index is 12.7. The normalized spacial score (nSPS) is 13.8. The van der Waals surface area contributed by atoms with E-state index in [1.165, 1.54) is 12.3 Å². The molecule has 0 radical (unpaired) electrons. The smallest absolute Gasteiger partial charge is 0.264 e. The van der Waals surface area contributed by atoms with E-state index in [0.717, 1.165) is 36.3 Å². The lowest BCUT2D eigenvalue weighted by atomic mass is 10.1. The maximum Gasteiger partial charge on any atom is 0.264 e. The van der Waals surface area contributed by atoms with Crippen molar-refractivity contribution in [1.82, 2.24) is 0 Å². The van der Waals surface area contributed by atoms with Gasteiger partial charge in [-0.3, -0.25) is 9.59 Å². The first-order chi connectivity index (χ1) is 12.1. The molecular weight excluding hydrogens is 322 g/mol. The van der Waals surface area contributed by atoms with Gasteiger partial charge in [-0.1, -0.05) is 6.07 Å². The summed E-state index contributed by atoms with van der Waals surface area (Å²) in [5, 5.41) is 0. The molecule has 6 nitrogen and oxygen atoms in total. The van der Waals surface area contributed by atoms with Gasteiger partial charge in [-0.15, -0.1) is 0 Å². The third-order valence-electron chi connectivity index (χ3n) is 4.33. The van der Waals surface area contributed by atoms with Gasteiger partial charge in [0.25, 0.3) is 5.91 Å². The maximum absolute atomic E-state index is 12.7. The lowest BCUT2D eigenvalue weighted by molar-refractivity contribution is -0.120. The molecule has 0 aliphatic carbocycles. The fraction of sp³-hybridized carbons (Fsp3) is 0.368. The summed E-state index contributed by atoms with van der Waals surface area (Å²) in [6.45, 7) is 2.03. The van der Waals surface area contributed by atoms with E-state index in [9.17, 15) is 9.59 Å². The average molecular weight is 343 g/mol. The Bertz CT molecular complexity index is 827. The van der Waals surface area contributed by atoms with Crippen molar-refractivity contribution < 1.29 is 18.7 Å². The highest BCUT2D eigenvalue weighted by molar-refractivity contribution is 5.95. The molecule has 1 aromatic carbocycles. The number of aryl methyl sites for hydroxylation is 1. The van der Waals surface area contributed by atoms with Crippen LogP contribution in [0, 0.1) is 6.92 Å². The lowest BCUT2D eigenvalue weighted by Crippen LogP contribution is -2.36. The number of ether oxygens (including phenoxy) is 2. The largest absolute Gasteiger partial charge is 0.496 e. The zero-order valence-electron chi connectivity index (χ0n) is 14.4. The Labute approximate surface area is 146 Å². The molecule has 2 heterocycles. The van der Waals surface area contributed by atoms with Gasteiger partial charge >= 0.3 is 0 Å². The van der Waals surface area contributed by atoms with Crippen molar-refractivity contribution in [2.24, 2.45) is 0 Å². The monoisotopic (exact) mass is 343 g/mol. The number of amides is 1. The van der Waals surface area contributed by atoms with E-state index in [1.54, 1.807) is 18.9 Å². The van der Waals surface area contributed by atoms with Crippen LogP contribution in [0.1, 0.15) is 24.2 Å². The SMILES string of the molecule is COc1cccc2c1CCCCN2C(=O)COc1c(C)occc1=O. The molecule has 1 aromatic heterocycles. The number of methoxy groups -OCH3 is 1. The van der Waals surface area contributed by atoms with Crippen molar-refractivity contribution in [3.05, 3.63) is 52.1 Å². The van der Waals surface area contributed by atoms with Crippen molar-refractivity contribution in [3.63, 3.8) is 0 Å². The van der Waals surface area contributed by atoms with Crippen LogP contribution in [0.4, 0.5) is 5.69 Å². The second-order valence-electron chi connectivity index (χ2n) is 5.92. The summed E-state index contributed by atoms with van der Waals surface area (Å²) in [5.74, 6) is 1.03. The molecule has 0 saturated carbocycles. The number of nitrogens with zero attached hydrogens (tertiary/aromatic N) is 1. The predicted octanol–water partition coefficient (Wildman–Crippen LogP) is 2.71. The highest BCUT2D eigenvalue weighted by atomic mass is 16.5. The molecule has 0 N–H and O–H groups in total. The van der Waals surface area contributed by atoms with Gasteiger partial charge in [-0.05, 0) is 38.3 Å². The van der Waals surface area contributed by atoms with E-state index in [2.05, 4.69) is 0 Å². The van der Waals surface area contributed by atoms with Gasteiger partial charge in [0.05, 0.1) is 19.1 Å². The van der Waals surface area contributed by atoms with E-state index in [-0.39, 0.29) is 23.7 Å². The minimum atomic E-state index is -0.297. The van der Waals surface area contributed by atoms with Crippen LogP contribution in [0.25, 0.3) is 0 Å². The fourth-order valence-corrected chi connectivity index (χ4v) is 3.09. The van der Waals surface area contributed by atoms with Crippen LogP contribution in [0.15, 0.2) is 39.7 Å². The van der Waals surface area contributed by atoms with E-state index >= 15 is 0 Å². The molecule has 0 unspecified atom stereocenters. The minimum absolute atomic E-state index is 0.0801. The van der Waals surface area contributed by atoms with Crippen LogP contribution < -0.4 is 19.8 Å². The number of carbonyl (C=O) groups excluding carboxylic acids is 1. The first-order valence-electron chi connectivity index (χ1n) is 8.29. The van der Waals surface area contributed by atoms with Gasteiger partial charge in [0.15, 0.2) is 6.61 Å².